The minimum absolute atomic E-state index is 0.00284. The summed E-state index contributed by atoms with van der Waals surface area (Å²) in [5, 5.41) is 19.3. The number of amides is 1. The van der Waals surface area contributed by atoms with Crippen LogP contribution in [0.3, 0.4) is 0 Å². The summed E-state index contributed by atoms with van der Waals surface area (Å²) in [6.07, 6.45) is -1.37. The topological polar surface area (TPSA) is 96.0 Å². The van der Waals surface area contributed by atoms with Gasteiger partial charge >= 0.3 is 6.09 Å². The molecule has 6 nitrogen and oxygen atoms in total. The first-order valence-electron chi connectivity index (χ1n) is 7.73. The highest BCUT2D eigenvalue weighted by molar-refractivity contribution is 5.65. The van der Waals surface area contributed by atoms with Gasteiger partial charge < -0.3 is 25.6 Å². The average Bonchev–Trinajstić information content (AvgIpc) is 2.58. The molecule has 6 heteroatoms. The van der Waals surface area contributed by atoms with E-state index in [4.69, 9.17) is 10.5 Å². The van der Waals surface area contributed by atoms with Crippen molar-refractivity contribution >= 4 is 11.8 Å². The summed E-state index contributed by atoms with van der Waals surface area (Å²) in [6, 6.07) is 16.4. The Kier molecular flexibility index (Phi) is 6.45. The molecule has 0 unspecified atom stereocenters. The fourth-order valence-corrected chi connectivity index (χ4v) is 2.24. The lowest BCUT2D eigenvalue weighted by Gasteiger charge is -2.22. The molecular formula is C18H22N2O4. The fourth-order valence-electron chi connectivity index (χ4n) is 2.24. The second-order valence-electron chi connectivity index (χ2n) is 5.50. The largest absolute Gasteiger partial charge is 0.491 e. The first-order valence-corrected chi connectivity index (χ1v) is 7.73. The quantitative estimate of drug-likeness (QED) is 0.645. The molecule has 0 aliphatic carbocycles. The normalized spacial score (nSPS) is 11.7. The van der Waals surface area contributed by atoms with E-state index < -0.39 is 12.2 Å². The van der Waals surface area contributed by atoms with E-state index in [0.717, 1.165) is 5.56 Å². The van der Waals surface area contributed by atoms with E-state index in [2.05, 4.69) is 0 Å². The maximum Gasteiger partial charge on any atom is 0.407 e. The van der Waals surface area contributed by atoms with Gasteiger partial charge in [-0.3, -0.25) is 0 Å². The van der Waals surface area contributed by atoms with E-state index in [1.807, 2.05) is 30.3 Å². The van der Waals surface area contributed by atoms with E-state index >= 15 is 0 Å². The molecule has 0 radical (unpaired) electrons. The van der Waals surface area contributed by atoms with Gasteiger partial charge in [-0.25, -0.2) is 4.79 Å². The number of anilines is 1. The van der Waals surface area contributed by atoms with Gasteiger partial charge in [0.15, 0.2) is 0 Å². The maximum atomic E-state index is 11.3. The van der Waals surface area contributed by atoms with Crippen LogP contribution in [-0.2, 0) is 6.42 Å². The zero-order chi connectivity index (χ0) is 17.4. The highest BCUT2D eigenvalue weighted by atomic mass is 16.5. The molecule has 24 heavy (non-hydrogen) atoms. The predicted molar refractivity (Wildman–Crippen MR) is 92.1 cm³/mol. The molecule has 0 saturated carbocycles. The number of nitrogens with two attached hydrogens (primary N) is 1. The van der Waals surface area contributed by atoms with Crippen molar-refractivity contribution < 1.29 is 19.7 Å². The average molecular weight is 330 g/mol. The number of rotatable bonds is 8. The van der Waals surface area contributed by atoms with E-state index in [9.17, 15) is 15.0 Å². The molecule has 0 fully saturated rings. The monoisotopic (exact) mass is 330 g/mol. The van der Waals surface area contributed by atoms with E-state index in [1.54, 1.807) is 24.3 Å². The highest BCUT2D eigenvalue weighted by Crippen LogP contribution is 2.13. The van der Waals surface area contributed by atoms with Crippen molar-refractivity contribution in [1.82, 2.24) is 4.90 Å². The number of ether oxygens (including phenoxy) is 1. The summed E-state index contributed by atoms with van der Waals surface area (Å²) in [4.78, 5) is 12.5. The van der Waals surface area contributed by atoms with Crippen LogP contribution in [0.25, 0.3) is 0 Å². The molecule has 2 aromatic rings. The Morgan fingerprint density at radius 2 is 1.79 bits per heavy atom. The molecule has 2 aromatic carbocycles. The van der Waals surface area contributed by atoms with Gasteiger partial charge in [0.1, 0.15) is 18.5 Å². The Bertz CT molecular complexity index is 631. The first-order chi connectivity index (χ1) is 11.5. The van der Waals surface area contributed by atoms with Crippen molar-refractivity contribution in [3.63, 3.8) is 0 Å². The standard InChI is InChI=1S/C18H22N2O4/c19-15-6-8-17(9-7-15)24-13-16(21)12-20(18(22)23)11-10-14-4-2-1-3-5-14/h1-9,16,21H,10-13,19H2,(H,22,23)/t16-/m0/s1. The van der Waals surface area contributed by atoms with Crippen LogP contribution in [0.15, 0.2) is 54.6 Å². The number of nitrogen functional groups attached to an aromatic ring is 1. The molecule has 0 bridgehead atoms. The van der Waals surface area contributed by atoms with Gasteiger partial charge in [0.2, 0.25) is 0 Å². The second kappa shape index (κ2) is 8.79. The van der Waals surface area contributed by atoms with Crippen molar-refractivity contribution in [3.05, 3.63) is 60.2 Å². The van der Waals surface area contributed by atoms with Gasteiger partial charge in [-0.2, -0.15) is 0 Å². The minimum Gasteiger partial charge on any atom is -0.491 e. The fraction of sp³-hybridized carbons (Fsp3) is 0.278. The summed E-state index contributed by atoms with van der Waals surface area (Å²) in [7, 11) is 0. The lowest BCUT2D eigenvalue weighted by Crippen LogP contribution is -2.40. The van der Waals surface area contributed by atoms with Crippen molar-refractivity contribution in [2.24, 2.45) is 0 Å². The van der Waals surface area contributed by atoms with Crippen LogP contribution in [-0.4, -0.2) is 47.0 Å². The van der Waals surface area contributed by atoms with Crippen molar-refractivity contribution in [2.45, 2.75) is 12.5 Å². The Labute approximate surface area is 141 Å². The van der Waals surface area contributed by atoms with Crippen molar-refractivity contribution in [1.29, 1.82) is 0 Å². The summed E-state index contributed by atoms with van der Waals surface area (Å²) in [5.41, 5.74) is 7.26. The lowest BCUT2D eigenvalue weighted by atomic mass is 10.1. The van der Waals surface area contributed by atoms with Crippen LogP contribution in [0.5, 0.6) is 5.75 Å². The van der Waals surface area contributed by atoms with Crippen LogP contribution >= 0.6 is 0 Å². The maximum absolute atomic E-state index is 11.3. The van der Waals surface area contributed by atoms with Gasteiger partial charge in [0.25, 0.3) is 0 Å². The molecule has 0 aliphatic heterocycles. The Hall–Kier alpha value is -2.73. The van der Waals surface area contributed by atoms with Crippen LogP contribution in [0.1, 0.15) is 5.56 Å². The Balaban J connectivity index is 1.80. The number of carboxylic acid groups (broad SMARTS) is 1. The number of hydrogen-bond acceptors (Lipinski definition) is 4. The smallest absolute Gasteiger partial charge is 0.407 e. The molecule has 0 saturated heterocycles. The highest BCUT2D eigenvalue weighted by Gasteiger charge is 2.17. The van der Waals surface area contributed by atoms with Gasteiger partial charge in [-0.05, 0) is 36.2 Å². The molecule has 0 aromatic heterocycles. The SMILES string of the molecule is Nc1ccc(OC[C@@H](O)CN(CCc2ccccc2)C(=O)O)cc1. The summed E-state index contributed by atoms with van der Waals surface area (Å²) in [6.45, 7) is 0.328. The van der Waals surface area contributed by atoms with Crippen LogP contribution < -0.4 is 10.5 Å². The van der Waals surface area contributed by atoms with Crippen LogP contribution in [0, 0.1) is 0 Å². The third kappa shape index (κ3) is 5.81. The number of nitrogens with zero attached hydrogens (tertiary/aromatic N) is 1. The molecule has 0 spiro atoms. The zero-order valence-electron chi connectivity index (χ0n) is 13.3. The zero-order valence-corrected chi connectivity index (χ0v) is 13.3. The Morgan fingerprint density at radius 3 is 2.42 bits per heavy atom. The van der Waals surface area contributed by atoms with Crippen LogP contribution in [0.4, 0.5) is 10.5 Å². The van der Waals surface area contributed by atoms with E-state index in [-0.39, 0.29) is 13.2 Å². The molecule has 4 N–H and O–H groups in total. The third-order valence-corrected chi connectivity index (χ3v) is 3.54. The molecular weight excluding hydrogens is 308 g/mol. The van der Waals surface area contributed by atoms with Gasteiger partial charge in [-0.15, -0.1) is 0 Å². The summed E-state index contributed by atoms with van der Waals surface area (Å²) in [5.74, 6) is 0.578. The predicted octanol–water partition coefficient (Wildman–Crippen LogP) is 2.23. The van der Waals surface area contributed by atoms with E-state index in [0.29, 0.717) is 24.4 Å². The number of aliphatic hydroxyl groups excluding tert-OH is 1. The van der Waals surface area contributed by atoms with Crippen molar-refractivity contribution in [3.8, 4) is 5.75 Å². The molecule has 1 amide bonds. The van der Waals surface area contributed by atoms with Crippen LogP contribution in [0.2, 0.25) is 0 Å². The molecule has 128 valence electrons. The summed E-state index contributed by atoms with van der Waals surface area (Å²) < 4.78 is 5.44. The Morgan fingerprint density at radius 1 is 1.12 bits per heavy atom. The number of hydrogen-bond donors (Lipinski definition) is 3. The van der Waals surface area contributed by atoms with Gasteiger partial charge in [0, 0.05) is 12.2 Å². The van der Waals surface area contributed by atoms with E-state index in [1.165, 1.54) is 4.90 Å². The third-order valence-electron chi connectivity index (χ3n) is 3.54. The second-order valence-corrected chi connectivity index (χ2v) is 5.50. The van der Waals surface area contributed by atoms with Crippen molar-refractivity contribution in [2.75, 3.05) is 25.4 Å². The number of benzene rings is 2. The van der Waals surface area contributed by atoms with Gasteiger partial charge in [0.05, 0.1) is 6.54 Å². The number of carbonyl (C=O) groups is 1. The summed E-state index contributed by atoms with van der Waals surface area (Å²) >= 11 is 0. The number of aliphatic hydroxyl groups is 1. The molecule has 2 rings (SSSR count). The minimum atomic E-state index is -1.06. The lowest BCUT2D eigenvalue weighted by molar-refractivity contribution is 0.0655. The molecule has 0 aliphatic rings. The molecule has 1 atom stereocenters. The first kappa shape index (κ1) is 17.6. The van der Waals surface area contributed by atoms with Gasteiger partial charge in [-0.1, -0.05) is 30.3 Å². The molecule has 0 heterocycles.